The molecule has 1 aliphatic heterocycles. The zero-order valence-electron chi connectivity index (χ0n) is 8.11. The molecule has 0 radical (unpaired) electrons. The van der Waals surface area contributed by atoms with Gasteiger partial charge in [0.15, 0.2) is 0 Å². The molecule has 0 amide bonds. The van der Waals surface area contributed by atoms with Crippen molar-refractivity contribution in [2.45, 2.75) is 5.60 Å². The lowest BCUT2D eigenvalue weighted by molar-refractivity contribution is -0.157. The van der Waals surface area contributed by atoms with Gasteiger partial charge in [0.2, 0.25) is 0 Å². The Kier molecular flexibility index (Phi) is 2.82. The van der Waals surface area contributed by atoms with Crippen molar-refractivity contribution >= 4 is 0 Å². The van der Waals surface area contributed by atoms with Crippen LogP contribution in [0.1, 0.15) is 5.56 Å². The molecule has 2 rings (SSSR count). The molecule has 3 nitrogen and oxygen atoms in total. The fraction of sp³-hybridized carbons (Fsp3) is 0.455. The minimum atomic E-state index is -0.431. The highest BCUT2D eigenvalue weighted by atomic mass is 16.6. The molecule has 0 aliphatic carbocycles. The van der Waals surface area contributed by atoms with E-state index in [-0.39, 0.29) is 0 Å². The van der Waals surface area contributed by atoms with Crippen molar-refractivity contribution in [2.75, 3.05) is 26.4 Å². The largest absolute Gasteiger partial charge is 0.376 e. The van der Waals surface area contributed by atoms with Crippen LogP contribution in [0.4, 0.5) is 0 Å². The highest BCUT2D eigenvalue weighted by Gasteiger charge is 2.34. The van der Waals surface area contributed by atoms with Crippen LogP contribution in [0.2, 0.25) is 0 Å². The van der Waals surface area contributed by atoms with Crippen LogP contribution in [-0.2, 0) is 15.1 Å². The summed E-state index contributed by atoms with van der Waals surface area (Å²) in [6, 6.07) is 10.0. The SMILES string of the molecule is NCC1(c2ccccc2)COCCO1. The monoisotopic (exact) mass is 193 g/mol. The highest BCUT2D eigenvalue weighted by Crippen LogP contribution is 2.27. The molecule has 0 bridgehead atoms. The maximum absolute atomic E-state index is 5.77. The normalized spacial score (nSPS) is 27.5. The van der Waals surface area contributed by atoms with E-state index in [2.05, 4.69) is 0 Å². The van der Waals surface area contributed by atoms with Crippen molar-refractivity contribution in [3.05, 3.63) is 35.9 Å². The summed E-state index contributed by atoms with van der Waals surface area (Å²) in [7, 11) is 0. The van der Waals surface area contributed by atoms with Crippen molar-refractivity contribution in [1.82, 2.24) is 0 Å². The summed E-state index contributed by atoms with van der Waals surface area (Å²) in [4.78, 5) is 0. The second-order valence-corrected chi connectivity index (χ2v) is 3.47. The van der Waals surface area contributed by atoms with E-state index in [0.717, 1.165) is 5.56 Å². The van der Waals surface area contributed by atoms with Gasteiger partial charge in [0.1, 0.15) is 5.60 Å². The zero-order chi connectivity index (χ0) is 9.86. The first kappa shape index (κ1) is 9.65. The van der Waals surface area contributed by atoms with E-state index in [4.69, 9.17) is 15.2 Å². The lowest BCUT2D eigenvalue weighted by Crippen LogP contribution is -2.46. The van der Waals surface area contributed by atoms with Gasteiger partial charge in [-0.3, -0.25) is 0 Å². The van der Waals surface area contributed by atoms with Gasteiger partial charge in [-0.1, -0.05) is 30.3 Å². The third kappa shape index (κ3) is 1.66. The summed E-state index contributed by atoms with van der Waals surface area (Å²) in [5.41, 5.74) is 6.43. The lowest BCUT2D eigenvalue weighted by Gasteiger charge is -2.36. The van der Waals surface area contributed by atoms with Gasteiger partial charge in [-0.05, 0) is 5.56 Å². The maximum Gasteiger partial charge on any atom is 0.129 e. The molecule has 1 atom stereocenters. The van der Waals surface area contributed by atoms with Crippen molar-refractivity contribution in [2.24, 2.45) is 5.73 Å². The molecule has 3 heteroatoms. The Balaban J connectivity index is 2.27. The fourth-order valence-corrected chi connectivity index (χ4v) is 1.72. The predicted octanol–water partition coefficient (Wildman–Crippen LogP) is 0.887. The first-order valence-electron chi connectivity index (χ1n) is 4.85. The van der Waals surface area contributed by atoms with Gasteiger partial charge in [0, 0.05) is 6.54 Å². The van der Waals surface area contributed by atoms with Gasteiger partial charge < -0.3 is 15.2 Å². The van der Waals surface area contributed by atoms with E-state index < -0.39 is 5.60 Å². The molecule has 0 spiro atoms. The fourth-order valence-electron chi connectivity index (χ4n) is 1.72. The van der Waals surface area contributed by atoms with Crippen LogP contribution < -0.4 is 5.73 Å². The molecule has 76 valence electrons. The Hall–Kier alpha value is -0.900. The highest BCUT2D eigenvalue weighted by molar-refractivity contribution is 5.23. The maximum atomic E-state index is 5.77. The van der Waals surface area contributed by atoms with Gasteiger partial charge in [0.25, 0.3) is 0 Å². The topological polar surface area (TPSA) is 44.5 Å². The van der Waals surface area contributed by atoms with Crippen molar-refractivity contribution in [3.8, 4) is 0 Å². The summed E-state index contributed by atoms with van der Waals surface area (Å²) in [6.45, 7) is 2.28. The summed E-state index contributed by atoms with van der Waals surface area (Å²) in [6.07, 6.45) is 0. The average molecular weight is 193 g/mol. The lowest BCUT2D eigenvalue weighted by atomic mass is 9.94. The minimum Gasteiger partial charge on any atom is -0.376 e. The smallest absolute Gasteiger partial charge is 0.129 e. The van der Waals surface area contributed by atoms with Gasteiger partial charge in [-0.25, -0.2) is 0 Å². The van der Waals surface area contributed by atoms with E-state index in [1.54, 1.807) is 0 Å². The number of ether oxygens (including phenoxy) is 2. The molecule has 14 heavy (non-hydrogen) atoms. The molecule has 1 saturated heterocycles. The third-order valence-corrected chi connectivity index (χ3v) is 2.57. The van der Waals surface area contributed by atoms with Crippen LogP contribution in [0.5, 0.6) is 0 Å². The second-order valence-electron chi connectivity index (χ2n) is 3.47. The second kappa shape index (κ2) is 4.09. The van der Waals surface area contributed by atoms with Crippen molar-refractivity contribution < 1.29 is 9.47 Å². The molecular formula is C11H15NO2. The van der Waals surface area contributed by atoms with E-state index in [0.29, 0.717) is 26.4 Å². The summed E-state index contributed by atoms with van der Waals surface area (Å²) in [5, 5.41) is 0. The molecule has 1 fully saturated rings. The molecule has 2 N–H and O–H groups in total. The Bertz CT molecular complexity index is 281. The van der Waals surface area contributed by atoms with Gasteiger partial charge in [0.05, 0.1) is 19.8 Å². The quantitative estimate of drug-likeness (QED) is 0.758. The minimum absolute atomic E-state index is 0.431. The molecule has 1 unspecified atom stereocenters. The van der Waals surface area contributed by atoms with Crippen LogP contribution in [0.15, 0.2) is 30.3 Å². The van der Waals surface area contributed by atoms with Crippen molar-refractivity contribution in [3.63, 3.8) is 0 Å². The third-order valence-electron chi connectivity index (χ3n) is 2.57. The molecule has 0 saturated carbocycles. The van der Waals surface area contributed by atoms with E-state index in [1.807, 2.05) is 30.3 Å². The number of benzene rings is 1. The average Bonchev–Trinajstić information content (AvgIpc) is 2.31. The first-order valence-corrected chi connectivity index (χ1v) is 4.85. The van der Waals surface area contributed by atoms with Crippen LogP contribution in [0.3, 0.4) is 0 Å². The van der Waals surface area contributed by atoms with Gasteiger partial charge >= 0.3 is 0 Å². The standard InChI is InChI=1S/C11H15NO2/c12-8-11(9-13-6-7-14-11)10-4-2-1-3-5-10/h1-5H,6-9,12H2. The molecule has 1 aromatic rings. The molecular weight excluding hydrogens is 178 g/mol. The van der Waals surface area contributed by atoms with Crippen molar-refractivity contribution in [1.29, 1.82) is 0 Å². The van der Waals surface area contributed by atoms with Crippen LogP contribution in [-0.4, -0.2) is 26.4 Å². The van der Waals surface area contributed by atoms with Gasteiger partial charge in [-0.15, -0.1) is 0 Å². The molecule has 1 aromatic carbocycles. The van der Waals surface area contributed by atoms with Crippen LogP contribution in [0, 0.1) is 0 Å². The predicted molar refractivity (Wildman–Crippen MR) is 53.9 cm³/mol. The number of nitrogens with two attached hydrogens (primary N) is 1. The number of rotatable bonds is 2. The summed E-state index contributed by atoms with van der Waals surface area (Å²) >= 11 is 0. The molecule has 1 heterocycles. The Labute approximate surface area is 83.8 Å². The van der Waals surface area contributed by atoms with E-state index >= 15 is 0 Å². The number of hydrogen-bond acceptors (Lipinski definition) is 3. The molecule has 0 aromatic heterocycles. The zero-order valence-corrected chi connectivity index (χ0v) is 8.11. The van der Waals surface area contributed by atoms with E-state index in [9.17, 15) is 0 Å². The Morgan fingerprint density at radius 3 is 2.57 bits per heavy atom. The van der Waals surface area contributed by atoms with Crippen LogP contribution in [0.25, 0.3) is 0 Å². The summed E-state index contributed by atoms with van der Waals surface area (Å²) in [5.74, 6) is 0. The van der Waals surface area contributed by atoms with Gasteiger partial charge in [-0.2, -0.15) is 0 Å². The summed E-state index contributed by atoms with van der Waals surface area (Å²) < 4.78 is 11.2. The Morgan fingerprint density at radius 1 is 1.21 bits per heavy atom. The Morgan fingerprint density at radius 2 is 2.00 bits per heavy atom. The first-order chi connectivity index (χ1) is 6.87. The van der Waals surface area contributed by atoms with Crippen LogP contribution >= 0.6 is 0 Å². The van der Waals surface area contributed by atoms with E-state index in [1.165, 1.54) is 0 Å². The molecule has 1 aliphatic rings. The number of hydrogen-bond donors (Lipinski definition) is 1.